The molecule has 0 aliphatic heterocycles. The molecule has 0 aliphatic rings. The summed E-state index contributed by atoms with van der Waals surface area (Å²) in [6.45, 7) is 1.04. The summed E-state index contributed by atoms with van der Waals surface area (Å²) < 4.78 is 12.7. The zero-order chi connectivity index (χ0) is 11.3. The van der Waals surface area contributed by atoms with E-state index in [0.717, 1.165) is 6.20 Å². The largest absolute Gasteiger partial charge is 0.479 e. The lowest BCUT2D eigenvalue weighted by Crippen LogP contribution is -2.05. The average Bonchev–Trinajstić information content (AvgIpc) is 2.17. The van der Waals surface area contributed by atoms with Gasteiger partial charge in [0, 0.05) is 11.8 Å². The van der Waals surface area contributed by atoms with Gasteiger partial charge in [-0.2, -0.15) is 0 Å². The number of carboxylic acids is 1. The van der Waals surface area contributed by atoms with E-state index >= 15 is 0 Å². The van der Waals surface area contributed by atoms with Crippen LogP contribution in [0.2, 0.25) is 0 Å². The van der Waals surface area contributed by atoms with E-state index in [1.54, 1.807) is 6.92 Å². The van der Waals surface area contributed by atoms with Gasteiger partial charge in [-0.3, -0.25) is 4.98 Å². The minimum atomic E-state index is -1.12. The van der Waals surface area contributed by atoms with Crippen molar-refractivity contribution in [3.63, 3.8) is 0 Å². The number of nitrogens with zero attached hydrogens (tertiary/aromatic N) is 2. The van der Waals surface area contributed by atoms with Gasteiger partial charge < -0.3 is 9.94 Å². The van der Waals surface area contributed by atoms with E-state index < -0.39 is 18.4 Å². The maximum Gasteiger partial charge on any atom is 0.344 e. The Hall–Kier alpha value is -1.98. The van der Waals surface area contributed by atoms with E-state index in [1.165, 1.54) is 12.3 Å². The molecule has 1 rings (SSSR count). The topological polar surface area (TPSA) is 71.8 Å². The number of oxime groups is 1. The van der Waals surface area contributed by atoms with Crippen LogP contribution in [0.3, 0.4) is 0 Å². The minimum absolute atomic E-state index is 0.364. The second-order valence-electron chi connectivity index (χ2n) is 2.74. The van der Waals surface area contributed by atoms with Gasteiger partial charge >= 0.3 is 5.97 Å². The van der Waals surface area contributed by atoms with Crippen LogP contribution in [0.25, 0.3) is 0 Å². The number of hydrogen-bond donors (Lipinski definition) is 1. The molecule has 1 aromatic rings. The molecule has 0 unspecified atom stereocenters. The summed E-state index contributed by atoms with van der Waals surface area (Å²) in [7, 11) is 0. The normalized spacial score (nSPS) is 11.2. The molecule has 0 spiro atoms. The number of carboxylic acid groups (broad SMARTS) is 1. The van der Waals surface area contributed by atoms with Crippen LogP contribution in [0.5, 0.6) is 0 Å². The summed E-state index contributed by atoms with van der Waals surface area (Å²) in [4.78, 5) is 18.2. The average molecular weight is 212 g/mol. The molecule has 0 bridgehead atoms. The summed E-state index contributed by atoms with van der Waals surface area (Å²) in [6.07, 6.45) is 2.47. The highest BCUT2D eigenvalue weighted by Crippen LogP contribution is 2.02. The van der Waals surface area contributed by atoms with E-state index in [4.69, 9.17) is 5.11 Å². The molecule has 0 amide bonds. The van der Waals surface area contributed by atoms with Crippen LogP contribution >= 0.6 is 0 Å². The monoisotopic (exact) mass is 212 g/mol. The van der Waals surface area contributed by atoms with Crippen molar-refractivity contribution in [2.75, 3.05) is 6.61 Å². The summed E-state index contributed by atoms with van der Waals surface area (Å²) in [5, 5.41) is 11.8. The lowest BCUT2D eigenvalue weighted by atomic mass is 10.2. The Morgan fingerprint density at radius 1 is 1.67 bits per heavy atom. The molecule has 0 aromatic carbocycles. The number of hydrogen-bond acceptors (Lipinski definition) is 4. The first-order chi connectivity index (χ1) is 7.09. The Morgan fingerprint density at radius 2 is 2.40 bits per heavy atom. The number of halogens is 1. The Labute approximate surface area is 85.2 Å². The zero-order valence-electron chi connectivity index (χ0n) is 7.98. The van der Waals surface area contributed by atoms with E-state index in [0.29, 0.717) is 11.3 Å². The highest BCUT2D eigenvalue weighted by Gasteiger charge is 2.01. The lowest BCUT2D eigenvalue weighted by molar-refractivity contribution is -0.142. The first-order valence-corrected chi connectivity index (χ1v) is 4.09. The van der Waals surface area contributed by atoms with Gasteiger partial charge in [0.05, 0.1) is 11.9 Å². The molecule has 0 fully saturated rings. The van der Waals surface area contributed by atoms with Crippen molar-refractivity contribution in [1.29, 1.82) is 0 Å². The standard InChI is InChI=1S/C9H9FN2O3/c1-6(12-15-5-9(13)14)7-2-8(10)4-11-3-7/h2-4H,5H2,1H3,(H,13,14)/b12-6-. The Balaban J connectivity index is 2.67. The van der Waals surface area contributed by atoms with Gasteiger partial charge in [-0.1, -0.05) is 5.16 Å². The number of carbonyl (C=O) groups is 1. The second-order valence-corrected chi connectivity index (χ2v) is 2.74. The van der Waals surface area contributed by atoms with E-state index in [1.807, 2.05) is 0 Å². The summed E-state index contributed by atoms with van der Waals surface area (Å²) in [5.41, 5.74) is 0.809. The first kappa shape index (κ1) is 11.1. The van der Waals surface area contributed by atoms with Crippen LogP contribution in [0.1, 0.15) is 12.5 Å². The molecular formula is C9H9FN2O3. The molecule has 0 radical (unpaired) electrons. The van der Waals surface area contributed by atoms with E-state index in [2.05, 4.69) is 15.0 Å². The van der Waals surface area contributed by atoms with Crippen LogP contribution in [0, 0.1) is 5.82 Å². The molecule has 0 aliphatic carbocycles. The molecule has 1 aromatic heterocycles. The van der Waals surface area contributed by atoms with Gasteiger partial charge in [0.25, 0.3) is 0 Å². The summed E-state index contributed by atoms with van der Waals surface area (Å²) in [5.74, 6) is -1.61. The molecular weight excluding hydrogens is 203 g/mol. The van der Waals surface area contributed by atoms with Gasteiger partial charge in [-0.25, -0.2) is 9.18 Å². The molecule has 1 heterocycles. The SMILES string of the molecule is C/C(=N/OCC(=O)O)c1cncc(F)c1. The van der Waals surface area contributed by atoms with Crippen LogP contribution in [0.15, 0.2) is 23.6 Å². The van der Waals surface area contributed by atoms with Crippen molar-refractivity contribution in [2.24, 2.45) is 5.16 Å². The Bertz CT molecular complexity index is 393. The van der Waals surface area contributed by atoms with Crippen LogP contribution in [-0.4, -0.2) is 28.4 Å². The minimum Gasteiger partial charge on any atom is -0.479 e. The maximum absolute atomic E-state index is 12.7. The molecule has 80 valence electrons. The molecule has 0 saturated heterocycles. The smallest absolute Gasteiger partial charge is 0.344 e. The molecule has 1 N–H and O–H groups in total. The number of rotatable bonds is 4. The maximum atomic E-state index is 12.7. The number of pyridine rings is 1. The summed E-state index contributed by atoms with van der Waals surface area (Å²) in [6, 6.07) is 1.23. The molecule has 0 saturated carbocycles. The van der Waals surface area contributed by atoms with Gasteiger partial charge in [-0.15, -0.1) is 0 Å². The third kappa shape index (κ3) is 3.72. The van der Waals surface area contributed by atoms with Crippen LogP contribution in [-0.2, 0) is 9.63 Å². The highest BCUT2D eigenvalue weighted by molar-refractivity contribution is 5.98. The van der Waals surface area contributed by atoms with Crippen molar-refractivity contribution in [1.82, 2.24) is 4.98 Å². The molecule has 15 heavy (non-hydrogen) atoms. The molecule has 0 atom stereocenters. The third-order valence-corrected chi connectivity index (χ3v) is 1.51. The Morgan fingerprint density at radius 3 is 3.00 bits per heavy atom. The first-order valence-electron chi connectivity index (χ1n) is 4.09. The van der Waals surface area contributed by atoms with E-state index in [9.17, 15) is 9.18 Å². The molecule has 6 heteroatoms. The van der Waals surface area contributed by atoms with Crippen LogP contribution < -0.4 is 0 Å². The lowest BCUT2D eigenvalue weighted by Gasteiger charge is -1.99. The summed E-state index contributed by atoms with van der Waals surface area (Å²) >= 11 is 0. The van der Waals surface area contributed by atoms with Gasteiger partial charge in [-0.05, 0) is 13.0 Å². The third-order valence-electron chi connectivity index (χ3n) is 1.51. The zero-order valence-corrected chi connectivity index (χ0v) is 7.98. The van der Waals surface area contributed by atoms with Gasteiger partial charge in [0.1, 0.15) is 5.82 Å². The van der Waals surface area contributed by atoms with Crippen molar-refractivity contribution in [3.05, 3.63) is 29.8 Å². The van der Waals surface area contributed by atoms with Gasteiger partial charge in [0.2, 0.25) is 6.61 Å². The highest BCUT2D eigenvalue weighted by atomic mass is 19.1. The Kier molecular flexibility index (Phi) is 3.73. The predicted octanol–water partition coefficient (Wildman–Crippen LogP) is 1.05. The number of aromatic nitrogens is 1. The van der Waals surface area contributed by atoms with Crippen molar-refractivity contribution < 1.29 is 19.1 Å². The molecule has 5 nitrogen and oxygen atoms in total. The van der Waals surface area contributed by atoms with E-state index in [-0.39, 0.29) is 0 Å². The predicted molar refractivity (Wildman–Crippen MR) is 50.0 cm³/mol. The quantitative estimate of drug-likeness (QED) is 0.598. The van der Waals surface area contributed by atoms with Crippen molar-refractivity contribution >= 4 is 11.7 Å². The van der Waals surface area contributed by atoms with Crippen molar-refractivity contribution in [3.8, 4) is 0 Å². The fraction of sp³-hybridized carbons (Fsp3) is 0.222. The second kappa shape index (κ2) is 5.04. The fourth-order valence-corrected chi connectivity index (χ4v) is 0.847. The fourth-order valence-electron chi connectivity index (χ4n) is 0.847. The van der Waals surface area contributed by atoms with Gasteiger partial charge in [0.15, 0.2) is 0 Å². The number of aliphatic carboxylic acids is 1. The van der Waals surface area contributed by atoms with Crippen molar-refractivity contribution in [2.45, 2.75) is 6.92 Å². The van der Waals surface area contributed by atoms with Crippen LogP contribution in [0.4, 0.5) is 4.39 Å².